The molecule has 2 atom stereocenters. The first kappa shape index (κ1) is 10.4. The van der Waals surface area contributed by atoms with E-state index >= 15 is 0 Å². The number of anilines is 1. The Balaban J connectivity index is 1.78. The van der Waals surface area contributed by atoms with E-state index in [4.69, 9.17) is 0 Å². The highest BCUT2D eigenvalue weighted by atomic mass is 15.2. The third kappa shape index (κ3) is 1.60. The third-order valence-corrected chi connectivity index (χ3v) is 4.32. The van der Waals surface area contributed by atoms with Gasteiger partial charge in [0.25, 0.3) is 0 Å². The zero-order valence-corrected chi connectivity index (χ0v) is 10.5. The molecule has 1 N–H and O–H groups in total. The Hall–Kier alpha value is -1.54. The molecule has 0 saturated carbocycles. The van der Waals surface area contributed by atoms with Gasteiger partial charge in [-0.1, -0.05) is 36.4 Å². The van der Waals surface area contributed by atoms with Gasteiger partial charge in [0.15, 0.2) is 0 Å². The van der Waals surface area contributed by atoms with Crippen molar-refractivity contribution in [1.82, 2.24) is 5.32 Å². The quantitative estimate of drug-likeness (QED) is 0.822. The van der Waals surface area contributed by atoms with Crippen molar-refractivity contribution in [3.63, 3.8) is 0 Å². The molecule has 2 fully saturated rings. The van der Waals surface area contributed by atoms with Crippen LogP contribution in [0.5, 0.6) is 0 Å². The molecule has 2 unspecified atom stereocenters. The van der Waals surface area contributed by atoms with E-state index in [-0.39, 0.29) is 0 Å². The summed E-state index contributed by atoms with van der Waals surface area (Å²) >= 11 is 0. The average molecular weight is 238 g/mol. The number of rotatable bonds is 1. The van der Waals surface area contributed by atoms with E-state index in [9.17, 15) is 0 Å². The molecule has 0 amide bonds. The van der Waals surface area contributed by atoms with Crippen molar-refractivity contribution in [2.45, 2.75) is 24.9 Å². The minimum atomic E-state index is 0.697. The molecular weight excluding hydrogens is 220 g/mol. The highest BCUT2D eigenvalue weighted by Crippen LogP contribution is 2.30. The third-order valence-electron chi connectivity index (χ3n) is 4.32. The number of fused-ring (bicyclic) bond motifs is 3. The average Bonchev–Trinajstić information content (AvgIpc) is 2.77. The molecule has 92 valence electrons. The molecule has 0 spiro atoms. The molecule has 0 aliphatic carbocycles. The van der Waals surface area contributed by atoms with E-state index in [2.05, 4.69) is 52.7 Å². The molecule has 0 aromatic heterocycles. The van der Waals surface area contributed by atoms with Crippen LogP contribution in [0.25, 0.3) is 10.8 Å². The minimum Gasteiger partial charge on any atom is -0.368 e. The van der Waals surface area contributed by atoms with E-state index in [1.165, 1.54) is 29.3 Å². The summed E-state index contributed by atoms with van der Waals surface area (Å²) < 4.78 is 0. The summed E-state index contributed by atoms with van der Waals surface area (Å²) in [5, 5.41) is 6.43. The van der Waals surface area contributed by atoms with Crippen LogP contribution in [0, 0.1) is 0 Å². The van der Waals surface area contributed by atoms with Crippen molar-refractivity contribution in [2.24, 2.45) is 0 Å². The molecule has 2 aromatic rings. The summed E-state index contributed by atoms with van der Waals surface area (Å²) in [4.78, 5) is 2.57. The lowest BCUT2D eigenvalue weighted by molar-refractivity contribution is 0.466. The Bertz CT molecular complexity index is 561. The van der Waals surface area contributed by atoms with Crippen LogP contribution in [0.3, 0.4) is 0 Å². The first-order valence-corrected chi connectivity index (χ1v) is 6.89. The zero-order valence-electron chi connectivity index (χ0n) is 10.5. The standard InChI is InChI=1S/C16H18N2/c1-2-6-15-12(4-1)5-3-7-16(15)18-10-13-8-9-14(11-18)17-13/h1-7,13-14,17H,8-11H2. The molecule has 2 nitrogen and oxygen atoms in total. The van der Waals surface area contributed by atoms with Gasteiger partial charge in [-0.25, -0.2) is 0 Å². The smallest absolute Gasteiger partial charge is 0.0446 e. The number of piperazine rings is 1. The second kappa shape index (κ2) is 3.99. The van der Waals surface area contributed by atoms with E-state index in [1.54, 1.807) is 0 Å². The summed E-state index contributed by atoms with van der Waals surface area (Å²) in [5.41, 5.74) is 1.41. The van der Waals surface area contributed by atoms with E-state index in [1.807, 2.05) is 0 Å². The van der Waals surface area contributed by atoms with Gasteiger partial charge in [-0.3, -0.25) is 0 Å². The lowest BCUT2D eigenvalue weighted by Crippen LogP contribution is -2.51. The zero-order chi connectivity index (χ0) is 11.9. The monoisotopic (exact) mass is 238 g/mol. The van der Waals surface area contributed by atoms with Gasteiger partial charge in [-0.2, -0.15) is 0 Å². The lowest BCUT2D eigenvalue weighted by atomic mass is 10.1. The number of nitrogens with zero attached hydrogens (tertiary/aromatic N) is 1. The molecule has 2 aromatic carbocycles. The fourth-order valence-corrected chi connectivity index (χ4v) is 3.48. The predicted molar refractivity (Wildman–Crippen MR) is 76.1 cm³/mol. The maximum atomic E-state index is 3.70. The Morgan fingerprint density at radius 1 is 0.889 bits per heavy atom. The summed E-state index contributed by atoms with van der Waals surface area (Å²) in [5.74, 6) is 0. The molecular formula is C16H18N2. The van der Waals surface area contributed by atoms with Gasteiger partial charge in [-0.05, 0) is 24.3 Å². The predicted octanol–water partition coefficient (Wildman–Crippen LogP) is 2.78. The van der Waals surface area contributed by atoms with Crippen LogP contribution in [0.4, 0.5) is 5.69 Å². The molecule has 2 heterocycles. The normalized spacial score (nSPS) is 26.8. The Morgan fingerprint density at radius 3 is 2.44 bits per heavy atom. The Morgan fingerprint density at radius 2 is 1.61 bits per heavy atom. The van der Waals surface area contributed by atoms with E-state index in [0.29, 0.717) is 12.1 Å². The van der Waals surface area contributed by atoms with E-state index in [0.717, 1.165) is 13.1 Å². The topological polar surface area (TPSA) is 15.3 Å². The SMILES string of the molecule is c1ccc2c(N3CC4CCC(C3)N4)cccc2c1. The number of nitrogens with one attached hydrogen (secondary N) is 1. The van der Waals surface area contributed by atoms with Gasteiger partial charge in [0.1, 0.15) is 0 Å². The number of hydrogen-bond acceptors (Lipinski definition) is 2. The van der Waals surface area contributed by atoms with Crippen LogP contribution in [0.1, 0.15) is 12.8 Å². The summed E-state index contributed by atoms with van der Waals surface area (Å²) in [6.45, 7) is 2.31. The maximum absolute atomic E-state index is 3.70. The number of hydrogen-bond donors (Lipinski definition) is 1. The molecule has 18 heavy (non-hydrogen) atoms. The van der Waals surface area contributed by atoms with Crippen molar-refractivity contribution in [2.75, 3.05) is 18.0 Å². The van der Waals surface area contributed by atoms with Gasteiger partial charge in [0, 0.05) is 36.2 Å². The highest BCUT2D eigenvalue weighted by molar-refractivity contribution is 5.94. The number of benzene rings is 2. The fraction of sp³-hybridized carbons (Fsp3) is 0.375. The van der Waals surface area contributed by atoms with Crippen molar-refractivity contribution < 1.29 is 0 Å². The van der Waals surface area contributed by atoms with Gasteiger partial charge >= 0.3 is 0 Å². The van der Waals surface area contributed by atoms with Crippen LogP contribution in [-0.4, -0.2) is 25.2 Å². The molecule has 2 aliphatic heterocycles. The maximum Gasteiger partial charge on any atom is 0.0446 e. The first-order chi connectivity index (χ1) is 8.90. The van der Waals surface area contributed by atoms with Crippen molar-refractivity contribution in [3.8, 4) is 0 Å². The molecule has 2 bridgehead atoms. The summed E-state index contributed by atoms with van der Waals surface area (Å²) in [6.07, 6.45) is 2.68. The van der Waals surface area contributed by atoms with Gasteiger partial charge in [0.2, 0.25) is 0 Å². The van der Waals surface area contributed by atoms with Crippen molar-refractivity contribution in [3.05, 3.63) is 42.5 Å². The van der Waals surface area contributed by atoms with Crippen LogP contribution in [-0.2, 0) is 0 Å². The van der Waals surface area contributed by atoms with Crippen molar-refractivity contribution in [1.29, 1.82) is 0 Å². The fourth-order valence-electron chi connectivity index (χ4n) is 3.48. The molecule has 2 heteroatoms. The van der Waals surface area contributed by atoms with Crippen LogP contribution in [0.15, 0.2) is 42.5 Å². The Kier molecular flexibility index (Phi) is 2.30. The lowest BCUT2D eigenvalue weighted by Gasteiger charge is -2.35. The second-order valence-corrected chi connectivity index (χ2v) is 5.54. The molecule has 0 radical (unpaired) electrons. The van der Waals surface area contributed by atoms with Crippen LogP contribution < -0.4 is 10.2 Å². The Labute approximate surface area is 108 Å². The minimum absolute atomic E-state index is 0.697. The second-order valence-electron chi connectivity index (χ2n) is 5.54. The van der Waals surface area contributed by atoms with Gasteiger partial charge in [0.05, 0.1) is 0 Å². The first-order valence-electron chi connectivity index (χ1n) is 6.89. The molecule has 2 aliphatic rings. The van der Waals surface area contributed by atoms with Crippen LogP contribution >= 0.6 is 0 Å². The van der Waals surface area contributed by atoms with E-state index < -0.39 is 0 Å². The van der Waals surface area contributed by atoms with Crippen LogP contribution in [0.2, 0.25) is 0 Å². The highest BCUT2D eigenvalue weighted by Gasteiger charge is 2.32. The van der Waals surface area contributed by atoms with Gasteiger partial charge < -0.3 is 10.2 Å². The molecule has 4 rings (SSSR count). The van der Waals surface area contributed by atoms with Gasteiger partial charge in [-0.15, -0.1) is 0 Å². The van der Waals surface area contributed by atoms with Crippen molar-refractivity contribution >= 4 is 16.5 Å². The summed E-state index contributed by atoms with van der Waals surface area (Å²) in [7, 11) is 0. The molecule has 2 saturated heterocycles. The summed E-state index contributed by atoms with van der Waals surface area (Å²) in [6, 6.07) is 16.8. The largest absolute Gasteiger partial charge is 0.368 e.